The molecule has 3 aliphatic heterocycles. The number of halogens is 2. The van der Waals surface area contributed by atoms with E-state index in [1.165, 1.54) is 38.1 Å². The number of aliphatic hydroxyl groups is 5. The number of ether oxygens (including phenoxy) is 2. The van der Waals surface area contributed by atoms with Gasteiger partial charge in [-0.25, -0.2) is 8.78 Å². The maximum Gasteiger partial charge on any atom is 0.245 e. The monoisotopic (exact) mass is 1420 g/mol. The topological polar surface area (TPSA) is 403 Å². The Labute approximate surface area is 586 Å². The van der Waals surface area contributed by atoms with Gasteiger partial charge in [0.1, 0.15) is 83.8 Å². The van der Waals surface area contributed by atoms with Gasteiger partial charge in [0, 0.05) is 54.5 Å². The Hall–Kier alpha value is -8.23. The molecule has 18 N–H and O–H groups in total. The lowest BCUT2D eigenvalue weighted by Gasteiger charge is -2.31. The van der Waals surface area contributed by atoms with E-state index in [0.29, 0.717) is 61.2 Å². The molecule has 540 valence electrons. The highest BCUT2D eigenvalue weighted by atomic mass is 33.1. The standard InChI is InChI=1S/C49H66N10O10S2.C22H25F2NO4/c1-28(61)39(25-60)56-48(68)41-27-71-70-26-40(57-43(63)34(51)21-30-13-5-3-6-14-30)47(67)54-37(22-31-15-7-4-8-16-31)45(65)55-38(23-32-24-52-35-18-10-9-17-33(32)35)46(66)53-36(19-11-12-20-50)44(64)59-42(29(2)62)49(69)58-41;23-15-3-7-19-13(9-15)1-5-21(28-19)17(26)11-25-12-18(27)22-6-2-14-10-16(24)4-8-20(14)29-22/h3-10,13-18,24,28-29,34,36-42,52,60-62H,11-12,19-23,25-27,50-51H2,1-2H3,(H,53,66)(H,54,67)(H,55,65)(H,56,68)(H,57,63)(H,58,69)(H,59,64);3-4,7-10,17-18,21-22,25-27H,1-2,5-6,11-12H2/t28-,29?,34-,36+,37+,38-,39-,40+,41+,42+;/m1./s1. The van der Waals surface area contributed by atoms with Crippen LogP contribution in [0, 0.1) is 11.6 Å². The van der Waals surface area contributed by atoms with Crippen LogP contribution >= 0.6 is 21.6 Å². The van der Waals surface area contributed by atoms with Gasteiger partial charge >= 0.3 is 0 Å². The summed E-state index contributed by atoms with van der Waals surface area (Å²) in [6.07, 6.45) is 0.0579. The SMILES string of the molecule is CC(O)[C@@H]1NC(=O)[C@H](CCCCN)NC(=O)[C@@H](Cc2c[nH]c3ccccc23)NC(=O)[C@H](Cc2ccccc2)NC(=O)[C@@H](NC(=O)[C@H](N)Cc2ccccc2)CSSC[C@@H](C(=O)N[C@H](CO)[C@@H](C)O)NC1=O.OC(CNCC(O)C1CCc2cc(F)ccc2O1)C1CCc2cc(F)ccc2O1. The zero-order valence-corrected chi connectivity index (χ0v) is 57.3. The number of aromatic amines is 1. The maximum absolute atomic E-state index is 14.7. The lowest BCUT2D eigenvalue weighted by atomic mass is 9.98. The molecule has 0 radical (unpaired) electrons. The van der Waals surface area contributed by atoms with E-state index in [-0.39, 0.29) is 80.7 Å². The van der Waals surface area contributed by atoms with Crippen LogP contribution in [-0.4, -0.2) is 195 Å². The minimum absolute atomic E-state index is 0.0340. The Balaban J connectivity index is 0.000000361. The number of nitrogens with two attached hydrogens (primary N) is 2. The van der Waals surface area contributed by atoms with Crippen molar-refractivity contribution in [3.05, 3.63) is 167 Å². The average molecular weight is 1420 g/mol. The van der Waals surface area contributed by atoms with Crippen molar-refractivity contribution in [2.75, 3.05) is 37.7 Å². The largest absolute Gasteiger partial charge is 0.487 e. The van der Waals surface area contributed by atoms with Crippen molar-refractivity contribution in [3.63, 3.8) is 0 Å². The summed E-state index contributed by atoms with van der Waals surface area (Å²) in [5, 5.41) is 74.4. The van der Waals surface area contributed by atoms with Gasteiger partial charge in [0.15, 0.2) is 0 Å². The predicted octanol–water partition coefficient (Wildman–Crippen LogP) is 1.56. The molecule has 14 atom stereocenters. The third-order valence-corrected chi connectivity index (χ3v) is 19.8. The van der Waals surface area contributed by atoms with Crippen LogP contribution in [0.25, 0.3) is 10.9 Å². The summed E-state index contributed by atoms with van der Waals surface area (Å²) in [4.78, 5) is 103. The summed E-state index contributed by atoms with van der Waals surface area (Å²) in [5.41, 5.74) is 16.6. The van der Waals surface area contributed by atoms with Crippen molar-refractivity contribution in [3.8, 4) is 11.5 Å². The second-order valence-electron chi connectivity index (χ2n) is 25.2. The molecule has 25 nitrogen and oxygen atoms in total. The molecule has 1 fully saturated rings. The molecule has 9 rings (SSSR count). The molecular formula is C71H91F2N11O14S2. The van der Waals surface area contributed by atoms with Gasteiger partial charge in [-0.15, -0.1) is 0 Å². The molecule has 6 aromatic rings. The molecule has 0 spiro atoms. The third-order valence-electron chi connectivity index (χ3n) is 17.4. The Morgan fingerprint density at radius 2 is 1.20 bits per heavy atom. The highest BCUT2D eigenvalue weighted by Gasteiger charge is 2.37. The second kappa shape index (κ2) is 38.5. The van der Waals surface area contributed by atoms with Gasteiger partial charge in [0.05, 0.1) is 30.9 Å². The molecule has 0 saturated carbocycles. The number of para-hydroxylation sites is 1. The van der Waals surface area contributed by atoms with E-state index in [2.05, 4.69) is 47.5 Å². The van der Waals surface area contributed by atoms with E-state index in [1.807, 2.05) is 30.3 Å². The fourth-order valence-electron chi connectivity index (χ4n) is 11.7. The Morgan fingerprint density at radius 1 is 0.650 bits per heavy atom. The van der Waals surface area contributed by atoms with Crippen LogP contribution in [0.2, 0.25) is 0 Å². The Morgan fingerprint density at radius 3 is 1.79 bits per heavy atom. The van der Waals surface area contributed by atoms with Crippen LogP contribution in [0.1, 0.15) is 73.8 Å². The third kappa shape index (κ3) is 22.9. The number of carbonyl (C=O) groups is 7. The first-order chi connectivity index (χ1) is 48.1. The number of hydrogen-bond acceptors (Lipinski definition) is 19. The van der Waals surface area contributed by atoms with Crippen LogP contribution in [0.5, 0.6) is 11.5 Å². The van der Waals surface area contributed by atoms with E-state index in [1.54, 1.807) is 72.9 Å². The minimum atomic E-state index is -1.66. The van der Waals surface area contributed by atoms with E-state index in [4.69, 9.17) is 20.9 Å². The summed E-state index contributed by atoms with van der Waals surface area (Å²) in [6, 6.07) is 23.4. The van der Waals surface area contributed by atoms with Gasteiger partial charge in [-0.3, -0.25) is 33.6 Å². The zero-order chi connectivity index (χ0) is 71.8. The summed E-state index contributed by atoms with van der Waals surface area (Å²) < 4.78 is 38.2. The fraction of sp³-hybridized carbons (Fsp3) is 0.451. The van der Waals surface area contributed by atoms with Crippen LogP contribution in [0.3, 0.4) is 0 Å². The van der Waals surface area contributed by atoms with Crippen molar-refractivity contribution in [2.24, 2.45) is 11.5 Å². The quantitative estimate of drug-likeness (QED) is 0.0320. The van der Waals surface area contributed by atoms with Crippen LogP contribution in [0.15, 0.2) is 128 Å². The fourth-order valence-corrected chi connectivity index (χ4v) is 14.0. The molecule has 0 aliphatic carbocycles. The van der Waals surface area contributed by atoms with Crippen molar-refractivity contribution < 1.29 is 77.3 Å². The molecule has 1 saturated heterocycles. The number of carbonyl (C=O) groups excluding carboxylic acids is 7. The molecule has 5 aromatic carbocycles. The van der Waals surface area contributed by atoms with Crippen molar-refractivity contribution >= 4 is 73.8 Å². The average Bonchev–Trinajstić information content (AvgIpc) is 1.50. The molecule has 7 amide bonds. The van der Waals surface area contributed by atoms with E-state index in [0.717, 1.165) is 49.2 Å². The Kier molecular flexibility index (Phi) is 29.9. The van der Waals surface area contributed by atoms with Gasteiger partial charge in [-0.1, -0.05) is 100 Å². The normalized spacial score (nSPS) is 22.8. The molecule has 4 heterocycles. The van der Waals surface area contributed by atoms with E-state index < -0.39 is 121 Å². The number of nitrogens with one attached hydrogen (secondary N) is 9. The van der Waals surface area contributed by atoms with Gasteiger partial charge in [0.25, 0.3) is 0 Å². The highest BCUT2D eigenvalue weighted by molar-refractivity contribution is 8.76. The molecule has 29 heteroatoms. The van der Waals surface area contributed by atoms with Gasteiger partial charge < -0.3 is 94.0 Å². The van der Waals surface area contributed by atoms with Crippen molar-refractivity contribution in [2.45, 2.75) is 163 Å². The van der Waals surface area contributed by atoms with Crippen LogP contribution in [-0.2, 0) is 65.7 Å². The van der Waals surface area contributed by atoms with E-state index in [9.17, 15) is 67.9 Å². The number of aromatic nitrogens is 1. The smallest absolute Gasteiger partial charge is 0.245 e. The summed E-state index contributed by atoms with van der Waals surface area (Å²) in [7, 11) is 2.06. The number of fused-ring (bicyclic) bond motifs is 3. The van der Waals surface area contributed by atoms with Gasteiger partial charge in [0.2, 0.25) is 41.4 Å². The number of H-pyrrole nitrogens is 1. The maximum atomic E-state index is 14.7. The zero-order valence-electron chi connectivity index (χ0n) is 55.7. The number of rotatable bonds is 23. The van der Waals surface area contributed by atoms with Crippen molar-refractivity contribution in [1.82, 2.24) is 47.5 Å². The number of amides is 7. The Bertz CT molecular complexity index is 3610. The van der Waals surface area contributed by atoms with Crippen LogP contribution in [0.4, 0.5) is 8.78 Å². The van der Waals surface area contributed by atoms with Gasteiger partial charge in [-0.05, 0) is 142 Å². The number of benzene rings is 5. The number of unbranched alkanes of at least 4 members (excludes halogenated alkanes) is 1. The first kappa shape index (κ1) is 77.5. The summed E-state index contributed by atoms with van der Waals surface area (Å²) >= 11 is 0. The number of aryl methyl sites for hydroxylation is 2. The van der Waals surface area contributed by atoms with Gasteiger partial charge in [-0.2, -0.15) is 0 Å². The molecule has 1 aromatic heterocycles. The second-order valence-corrected chi connectivity index (χ2v) is 27.7. The highest BCUT2D eigenvalue weighted by Crippen LogP contribution is 2.31. The minimum Gasteiger partial charge on any atom is -0.487 e. The first-order valence-corrected chi connectivity index (χ1v) is 36.0. The first-order valence-electron chi connectivity index (χ1n) is 33.5. The molecular weight excluding hydrogens is 1330 g/mol. The lowest BCUT2D eigenvalue weighted by molar-refractivity contribution is -0.136. The molecule has 3 aliphatic rings. The molecule has 5 unspecified atom stereocenters. The summed E-state index contributed by atoms with van der Waals surface area (Å²) in [6.45, 7) is 2.74. The van der Waals surface area contributed by atoms with Crippen molar-refractivity contribution in [1.29, 1.82) is 0 Å². The van der Waals surface area contributed by atoms with E-state index >= 15 is 0 Å². The van der Waals surface area contributed by atoms with Crippen LogP contribution < -0.4 is 63.5 Å². The predicted molar refractivity (Wildman–Crippen MR) is 375 cm³/mol. The molecule has 0 bridgehead atoms. The number of hydrogen-bond donors (Lipinski definition) is 16. The lowest BCUT2D eigenvalue weighted by Crippen LogP contribution is -2.62. The summed E-state index contributed by atoms with van der Waals surface area (Å²) in [5.74, 6) is -5.38. The number of aliphatic hydroxyl groups excluding tert-OH is 5. The molecule has 100 heavy (non-hydrogen) atoms.